The summed E-state index contributed by atoms with van der Waals surface area (Å²) >= 11 is 0. The van der Waals surface area contributed by atoms with Gasteiger partial charge in [-0.05, 0) is 0 Å². The van der Waals surface area contributed by atoms with E-state index >= 15 is 0 Å². The average molecular weight is 222 g/mol. The lowest BCUT2D eigenvalue weighted by molar-refractivity contribution is 0.375. The first-order chi connectivity index (χ1) is 7.69. The van der Waals surface area contributed by atoms with E-state index in [0.717, 1.165) is 0 Å². The van der Waals surface area contributed by atoms with Crippen molar-refractivity contribution >= 4 is 0 Å². The molecule has 84 valence electrons. The van der Waals surface area contributed by atoms with Crippen molar-refractivity contribution in [3.63, 3.8) is 0 Å². The van der Waals surface area contributed by atoms with E-state index in [9.17, 15) is 9.59 Å². The molecule has 16 heavy (non-hydrogen) atoms. The lowest BCUT2D eigenvalue weighted by Gasteiger charge is -1.98. The van der Waals surface area contributed by atoms with Gasteiger partial charge in [-0.25, -0.2) is 4.79 Å². The van der Waals surface area contributed by atoms with Gasteiger partial charge in [0.15, 0.2) is 5.82 Å². The number of aryl methyl sites for hydroxylation is 1. The smallest absolute Gasteiger partial charge is 0.328 e. The van der Waals surface area contributed by atoms with Crippen LogP contribution in [0.1, 0.15) is 18.6 Å². The first-order valence-corrected chi connectivity index (χ1v) is 4.80. The largest absolute Gasteiger partial charge is 0.339 e. The van der Waals surface area contributed by atoms with E-state index in [0.29, 0.717) is 18.1 Å². The summed E-state index contributed by atoms with van der Waals surface area (Å²) in [5.41, 5.74) is -0.918. The van der Waals surface area contributed by atoms with Crippen LogP contribution in [0, 0.1) is 0 Å². The van der Waals surface area contributed by atoms with Crippen molar-refractivity contribution in [1.29, 1.82) is 0 Å². The van der Waals surface area contributed by atoms with Crippen LogP contribution in [-0.2, 0) is 13.0 Å². The highest BCUT2D eigenvalue weighted by Gasteiger charge is 2.05. The van der Waals surface area contributed by atoms with Crippen LogP contribution in [0.5, 0.6) is 0 Å². The van der Waals surface area contributed by atoms with Crippen LogP contribution < -0.4 is 11.2 Å². The molecule has 0 atom stereocenters. The van der Waals surface area contributed by atoms with Crippen molar-refractivity contribution in [2.75, 3.05) is 0 Å². The number of rotatable bonds is 3. The second-order valence-electron chi connectivity index (χ2n) is 3.20. The zero-order chi connectivity index (χ0) is 11.5. The minimum Gasteiger partial charge on any atom is -0.339 e. The number of hydrogen-bond acceptors (Lipinski definition) is 5. The number of nitrogens with zero attached hydrogens (tertiary/aromatic N) is 3. The topological polar surface area (TPSA) is 93.8 Å². The van der Waals surface area contributed by atoms with Crippen molar-refractivity contribution in [2.24, 2.45) is 0 Å². The number of nitrogens with one attached hydrogen (secondary N) is 1. The minimum absolute atomic E-state index is 0.180. The van der Waals surface area contributed by atoms with Crippen LogP contribution >= 0.6 is 0 Å². The number of aromatic amines is 1. The Morgan fingerprint density at radius 2 is 2.31 bits per heavy atom. The highest BCUT2D eigenvalue weighted by atomic mass is 16.5. The molecule has 0 saturated carbocycles. The van der Waals surface area contributed by atoms with Crippen molar-refractivity contribution in [3.05, 3.63) is 44.8 Å². The van der Waals surface area contributed by atoms with Crippen LogP contribution in [-0.4, -0.2) is 19.7 Å². The maximum absolute atomic E-state index is 11.3. The Balaban J connectivity index is 2.27. The van der Waals surface area contributed by atoms with Gasteiger partial charge in [0.1, 0.15) is 0 Å². The molecule has 0 aliphatic heterocycles. The van der Waals surface area contributed by atoms with E-state index in [1.807, 2.05) is 6.92 Å². The zero-order valence-corrected chi connectivity index (χ0v) is 8.64. The lowest BCUT2D eigenvalue weighted by Crippen LogP contribution is -2.29. The highest BCUT2D eigenvalue weighted by molar-refractivity contribution is 4.90. The van der Waals surface area contributed by atoms with Gasteiger partial charge in [0.25, 0.3) is 5.56 Å². The first-order valence-electron chi connectivity index (χ1n) is 4.80. The molecule has 2 aromatic heterocycles. The van der Waals surface area contributed by atoms with Gasteiger partial charge in [0.2, 0.25) is 5.89 Å². The quantitative estimate of drug-likeness (QED) is 0.757. The summed E-state index contributed by atoms with van der Waals surface area (Å²) in [5, 5.41) is 3.71. The molecule has 0 aliphatic carbocycles. The molecule has 2 heterocycles. The van der Waals surface area contributed by atoms with Crippen molar-refractivity contribution < 1.29 is 4.52 Å². The molecular weight excluding hydrogens is 212 g/mol. The van der Waals surface area contributed by atoms with E-state index in [2.05, 4.69) is 15.1 Å². The maximum atomic E-state index is 11.3. The summed E-state index contributed by atoms with van der Waals surface area (Å²) < 4.78 is 6.20. The summed E-state index contributed by atoms with van der Waals surface area (Å²) in [6.07, 6.45) is 2.04. The summed E-state index contributed by atoms with van der Waals surface area (Å²) in [4.78, 5) is 28.4. The summed E-state index contributed by atoms with van der Waals surface area (Å²) in [5.74, 6) is 0.929. The van der Waals surface area contributed by atoms with Gasteiger partial charge in [-0.3, -0.25) is 14.3 Å². The van der Waals surface area contributed by atoms with E-state index in [-0.39, 0.29) is 6.54 Å². The highest BCUT2D eigenvalue weighted by Crippen LogP contribution is 1.98. The lowest BCUT2D eigenvalue weighted by atomic mass is 10.5. The fourth-order valence-electron chi connectivity index (χ4n) is 1.22. The zero-order valence-electron chi connectivity index (χ0n) is 8.64. The minimum atomic E-state index is -0.490. The molecule has 0 spiro atoms. The van der Waals surface area contributed by atoms with Gasteiger partial charge in [-0.15, -0.1) is 0 Å². The molecule has 0 amide bonds. The Morgan fingerprint density at radius 3 is 2.94 bits per heavy atom. The second kappa shape index (κ2) is 4.13. The molecule has 7 heteroatoms. The van der Waals surface area contributed by atoms with Crippen LogP contribution in [0.4, 0.5) is 0 Å². The molecule has 0 saturated heterocycles. The maximum Gasteiger partial charge on any atom is 0.328 e. The molecule has 1 N–H and O–H groups in total. The summed E-state index contributed by atoms with van der Waals surface area (Å²) in [6, 6.07) is 1.27. The molecule has 7 nitrogen and oxygen atoms in total. The fourth-order valence-corrected chi connectivity index (χ4v) is 1.22. The normalized spacial score (nSPS) is 10.6. The van der Waals surface area contributed by atoms with Crippen LogP contribution in [0.2, 0.25) is 0 Å². The molecule has 0 fully saturated rings. The average Bonchev–Trinajstić information content (AvgIpc) is 2.70. The molecule has 2 aromatic rings. The van der Waals surface area contributed by atoms with E-state index in [1.54, 1.807) is 0 Å². The van der Waals surface area contributed by atoms with Gasteiger partial charge >= 0.3 is 5.69 Å². The summed E-state index contributed by atoms with van der Waals surface area (Å²) in [6.45, 7) is 2.07. The molecule has 0 aromatic carbocycles. The Labute approximate surface area is 89.7 Å². The number of aromatic nitrogens is 4. The van der Waals surface area contributed by atoms with Crippen molar-refractivity contribution in [1.82, 2.24) is 19.7 Å². The van der Waals surface area contributed by atoms with Gasteiger partial charge in [-0.2, -0.15) is 4.98 Å². The number of hydrogen-bond donors (Lipinski definition) is 1. The van der Waals surface area contributed by atoms with E-state index < -0.39 is 11.2 Å². The molecule has 2 rings (SSSR count). The Kier molecular flexibility index (Phi) is 2.67. The molecule has 0 radical (unpaired) electrons. The summed E-state index contributed by atoms with van der Waals surface area (Å²) in [7, 11) is 0. The van der Waals surface area contributed by atoms with Gasteiger partial charge in [-0.1, -0.05) is 12.1 Å². The third kappa shape index (κ3) is 2.08. The van der Waals surface area contributed by atoms with Gasteiger partial charge in [0, 0.05) is 18.7 Å². The van der Waals surface area contributed by atoms with Crippen molar-refractivity contribution in [2.45, 2.75) is 19.9 Å². The molecule has 0 aliphatic rings. The van der Waals surface area contributed by atoms with Gasteiger partial charge in [0.05, 0.1) is 6.54 Å². The number of H-pyrrole nitrogens is 1. The first kappa shape index (κ1) is 10.3. The van der Waals surface area contributed by atoms with Crippen molar-refractivity contribution in [3.8, 4) is 0 Å². The Morgan fingerprint density at radius 1 is 1.50 bits per heavy atom. The predicted molar refractivity (Wildman–Crippen MR) is 54.1 cm³/mol. The van der Waals surface area contributed by atoms with Crippen LogP contribution in [0.15, 0.2) is 26.4 Å². The SMILES string of the molecule is CCc1nc(Cn2ccc(=O)[nH]c2=O)no1. The van der Waals surface area contributed by atoms with E-state index in [1.165, 1.54) is 16.8 Å². The molecule has 0 unspecified atom stereocenters. The van der Waals surface area contributed by atoms with Crippen LogP contribution in [0.3, 0.4) is 0 Å². The fraction of sp³-hybridized carbons (Fsp3) is 0.333. The standard InChI is InChI=1S/C9H10N4O3/c1-2-8-10-6(12-16-8)5-13-4-3-7(14)11-9(13)15/h3-4H,2,5H2,1H3,(H,11,14,15). The Hall–Kier alpha value is -2.18. The molecule has 0 bridgehead atoms. The predicted octanol–water partition coefficient (Wildman–Crippen LogP) is -0.470. The third-order valence-electron chi connectivity index (χ3n) is 2.02. The molecular formula is C9H10N4O3. The van der Waals surface area contributed by atoms with Gasteiger partial charge < -0.3 is 4.52 Å². The van der Waals surface area contributed by atoms with Crippen LogP contribution in [0.25, 0.3) is 0 Å². The monoisotopic (exact) mass is 222 g/mol. The van der Waals surface area contributed by atoms with E-state index in [4.69, 9.17) is 4.52 Å². The second-order valence-corrected chi connectivity index (χ2v) is 3.20. The third-order valence-corrected chi connectivity index (χ3v) is 2.02. The Bertz CT molecular complexity index is 595.